The molecule has 3 saturated carbocycles. The van der Waals surface area contributed by atoms with E-state index in [0.717, 1.165) is 43.2 Å². The lowest BCUT2D eigenvalue weighted by Crippen LogP contribution is -2.59. The van der Waals surface area contributed by atoms with E-state index in [1.165, 1.54) is 0 Å². The summed E-state index contributed by atoms with van der Waals surface area (Å²) in [5.74, 6) is 2.01. The van der Waals surface area contributed by atoms with Gasteiger partial charge in [-0.1, -0.05) is 38.1 Å². The molecule has 7 atom stereocenters. The van der Waals surface area contributed by atoms with Crippen LogP contribution in [0.4, 0.5) is 0 Å². The van der Waals surface area contributed by atoms with E-state index in [4.69, 9.17) is 0 Å². The second kappa shape index (κ2) is 6.71. The van der Waals surface area contributed by atoms with Gasteiger partial charge in [-0.3, -0.25) is 4.79 Å². The number of fused-ring (bicyclic) bond motifs is 5. The maximum Gasteiger partial charge on any atom is 0.246 e. The third kappa shape index (κ3) is 2.72. The van der Waals surface area contributed by atoms with Gasteiger partial charge in [0.15, 0.2) is 0 Å². The summed E-state index contributed by atoms with van der Waals surface area (Å²) >= 11 is 0. The zero-order valence-electron chi connectivity index (χ0n) is 18.2. The summed E-state index contributed by atoms with van der Waals surface area (Å²) in [6.45, 7) is 4.65. The summed E-state index contributed by atoms with van der Waals surface area (Å²) in [5.41, 5.74) is 2.12. The highest BCUT2D eigenvalue weighted by Gasteiger charge is 2.61. The number of hydrogen-bond donors (Lipinski definition) is 2. The van der Waals surface area contributed by atoms with E-state index in [0.29, 0.717) is 23.8 Å². The van der Waals surface area contributed by atoms with Gasteiger partial charge in [0.05, 0.1) is 6.10 Å². The van der Waals surface area contributed by atoms with Crippen LogP contribution in [0, 0.1) is 28.6 Å². The molecule has 0 bridgehead atoms. The molecule has 1 heterocycles. The lowest BCUT2D eigenvalue weighted by molar-refractivity contribution is -0.140. The molecule has 2 N–H and O–H groups in total. The molecule has 30 heavy (non-hydrogen) atoms. The second-order valence-corrected chi connectivity index (χ2v) is 10.6. The van der Waals surface area contributed by atoms with Gasteiger partial charge in [-0.05, 0) is 79.2 Å². The van der Waals surface area contributed by atoms with Gasteiger partial charge in [0.25, 0.3) is 0 Å². The first kappa shape index (κ1) is 19.9. The van der Waals surface area contributed by atoms with Crippen molar-refractivity contribution in [1.29, 1.82) is 0 Å². The molecule has 4 aliphatic rings. The summed E-state index contributed by atoms with van der Waals surface area (Å²) in [4.78, 5) is 14.2. The Kier molecular flexibility index (Phi) is 4.45. The summed E-state index contributed by atoms with van der Waals surface area (Å²) < 4.78 is 0. The van der Waals surface area contributed by atoms with Crippen LogP contribution in [0.5, 0.6) is 5.75 Å². The van der Waals surface area contributed by atoms with E-state index in [-0.39, 0.29) is 22.5 Å². The standard InChI is InChI=1S/C26H33NO3/c1-25-13-11-23(29)27(3)22(25)9-8-19-20(25)10-12-26(2)21(19)15-17(24(26)30)14-16-4-6-18(28)7-5-16/h4-7,11,13-14,19-22,24,28,30H,8-10,12,15H2,1-3H3/t19-,20+,21+,22-,24+,25-,26+/m1/s1. The normalized spacial score (nSPS) is 44.0. The number of phenols is 1. The van der Waals surface area contributed by atoms with Gasteiger partial charge in [-0.15, -0.1) is 0 Å². The average molecular weight is 408 g/mol. The SMILES string of the molecule is CN1C(=O)C=C[C@]2(C)[C@H]3CC[C@]4(C)[C@@H](O)C(=Cc5ccc(O)cc5)C[C@H]4[C@@H]3CC[C@@H]12. The number of aliphatic hydroxyl groups excluding tert-OH is 1. The molecule has 0 spiro atoms. The van der Waals surface area contributed by atoms with Crippen LogP contribution in [-0.2, 0) is 4.79 Å². The number of likely N-dealkylation sites (N-methyl/N-ethyl adjacent to an activating group) is 1. The number of aromatic hydroxyl groups is 1. The molecular weight excluding hydrogens is 374 g/mol. The summed E-state index contributed by atoms with van der Waals surface area (Å²) in [6.07, 6.45) is 11.0. The molecular formula is C26H33NO3. The fraction of sp³-hybridized carbons (Fsp3) is 0.577. The quantitative estimate of drug-likeness (QED) is 0.726. The fourth-order valence-electron chi connectivity index (χ4n) is 7.52. The number of carbonyl (C=O) groups excluding carboxylic acids is 1. The molecule has 5 rings (SSSR count). The second-order valence-electron chi connectivity index (χ2n) is 10.6. The number of carbonyl (C=O) groups is 1. The largest absolute Gasteiger partial charge is 0.508 e. The fourth-order valence-corrected chi connectivity index (χ4v) is 7.52. The predicted molar refractivity (Wildman–Crippen MR) is 118 cm³/mol. The van der Waals surface area contributed by atoms with Crippen LogP contribution in [0.3, 0.4) is 0 Å². The Balaban J connectivity index is 1.47. The first-order chi connectivity index (χ1) is 14.2. The zero-order chi connectivity index (χ0) is 21.3. The number of nitrogens with zero attached hydrogens (tertiary/aromatic N) is 1. The Morgan fingerprint density at radius 3 is 2.57 bits per heavy atom. The molecule has 3 aliphatic carbocycles. The zero-order valence-corrected chi connectivity index (χ0v) is 18.2. The summed E-state index contributed by atoms with van der Waals surface area (Å²) in [5, 5.41) is 20.9. The van der Waals surface area contributed by atoms with Crippen LogP contribution in [0.1, 0.15) is 51.5 Å². The molecule has 1 amide bonds. The minimum Gasteiger partial charge on any atom is -0.508 e. The van der Waals surface area contributed by atoms with Crippen LogP contribution < -0.4 is 0 Å². The molecule has 160 valence electrons. The molecule has 0 radical (unpaired) electrons. The smallest absolute Gasteiger partial charge is 0.246 e. The number of rotatable bonds is 1. The highest BCUT2D eigenvalue weighted by Crippen LogP contribution is 2.64. The van der Waals surface area contributed by atoms with Crippen LogP contribution in [0.25, 0.3) is 6.08 Å². The maximum atomic E-state index is 12.2. The lowest BCUT2D eigenvalue weighted by Gasteiger charge is -2.59. The Morgan fingerprint density at radius 2 is 1.83 bits per heavy atom. The van der Waals surface area contributed by atoms with Gasteiger partial charge in [-0.2, -0.15) is 0 Å². The Hall–Kier alpha value is -2.07. The van der Waals surface area contributed by atoms with Gasteiger partial charge in [-0.25, -0.2) is 0 Å². The van der Waals surface area contributed by atoms with Crippen molar-refractivity contribution in [3.8, 4) is 5.75 Å². The summed E-state index contributed by atoms with van der Waals surface area (Å²) in [7, 11) is 1.96. The highest BCUT2D eigenvalue weighted by atomic mass is 16.3. The molecule has 1 aromatic rings. The van der Waals surface area contributed by atoms with Crippen molar-refractivity contribution >= 4 is 12.0 Å². The van der Waals surface area contributed by atoms with Crippen molar-refractivity contribution in [2.24, 2.45) is 28.6 Å². The van der Waals surface area contributed by atoms with Crippen molar-refractivity contribution in [3.63, 3.8) is 0 Å². The molecule has 3 fully saturated rings. The Bertz CT molecular complexity index is 919. The van der Waals surface area contributed by atoms with Gasteiger partial charge in [0.2, 0.25) is 5.91 Å². The van der Waals surface area contributed by atoms with E-state index in [1.54, 1.807) is 18.2 Å². The number of benzene rings is 1. The van der Waals surface area contributed by atoms with Gasteiger partial charge in [0, 0.05) is 23.9 Å². The van der Waals surface area contributed by atoms with Crippen molar-refractivity contribution < 1.29 is 15.0 Å². The highest BCUT2D eigenvalue weighted by molar-refractivity contribution is 5.89. The number of hydrogen-bond acceptors (Lipinski definition) is 3. The van der Waals surface area contributed by atoms with Crippen LogP contribution in [-0.4, -0.2) is 40.2 Å². The van der Waals surface area contributed by atoms with E-state index in [9.17, 15) is 15.0 Å². The van der Waals surface area contributed by atoms with E-state index in [1.807, 2.05) is 24.1 Å². The average Bonchev–Trinajstić information content (AvgIpc) is 2.98. The van der Waals surface area contributed by atoms with Gasteiger partial charge >= 0.3 is 0 Å². The molecule has 0 aromatic heterocycles. The van der Waals surface area contributed by atoms with Gasteiger partial charge in [0.1, 0.15) is 5.75 Å². The molecule has 0 unspecified atom stereocenters. The lowest BCUT2D eigenvalue weighted by atomic mass is 9.48. The topological polar surface area (TPSA) is 60.8 Å². The van der Waals surface area contributed by atoms with Crippen molar-refractivity contribution in [1.82, 2.24) is 4.90 Å². The van der Waals surface area contributed by atoms with Crippen LogP contribution in [0.15, 0.2) is 42.0 Å². The Morgan fingerprint density at radius 1 is 1.10 bits per heavy atom. The minimum atomic E-state index is -0.408. The Labute approximate surface area is 179 Å². The number of aliphatic hydroxyl groups is 1. The molecule has 0 saturated heterocycles. The molecule has 4 heteroatoms. The monoisotopic (exact) mass is 407 g/mol. The summed E-state index contributed by atoms with van der Waals surface area (Å²) in [6, 6.07) is 7.52. The number of amides is 1. The third-order valence-corrected chi connectivity index (χ3v) is 9.24. The molecule has 1 aliphatic heterocycles. The maximum absolute atomic E-state index is 12.2. The van der Waals surface area contributed by atoms with Crippen molar-refractivity contribution in [3.05, 3.63) is 47.6 Å². The predicted octanol–water partition coefficient (Wildman–Crippen LogP) is 4.39. The van der Waals surface area contributed by atoms with E-state index < -0.39 is 6.10 Å². The van der Waals surface area contributed by atoms with E-state index in [2.05, 4.69) is 26.0 Å². The van der Waals surface area contributed by atoms with Gasteiger partial charge < -0.3 is 15.1 Å². The van der Waals surface area contributed by atoms with Crippen molar-refractivity contribution in [2.45, 2.75) is 58.1 Å². The van der Waals surface area contributed by atoms with Crippen LogP contribution in [0.2, 0.25) is 0 Å². The van der Waals surface area contributed by atoms with E-state index >= 15 is 0 Å². The minimum absolute atomic E-state index is 0.0291. The third-order valence-electron chi connectivity index (χ3n) is 9.24. The van der Waals surface area contributed by atoms with Crippen molar-refractivity contribution in [2.75, 3.05) is 7.05 Å². The molecule has 4 nitrogen and oxygen atoms in total. The first-order valence-corrected chi connectivity index (χ1v) is 11.4. The van der Waals surface area contributed by atoms with Crippen LogP contribution >= 0.6 is 0 Å². The molecule has 1 aromatic carbocycles. The number of phenolic OH excluding ortho intramolecular Hbond substituents is 1. The first-order valence-electron chi connectivity index (χ1n) is 11.4.